The van der Waals surface area contributed by atoms with Crippen molar-refractivity contribution in [3.8, 4) is 29.0 Å². The highest BCUT2D eigenvalue weighted by Gasteiger charge is 2.35. The Morgan fingerprint density at radius 3 is 2.03 bits per heavy atom. The molecule has 0 amide bonds. The van der Waals surface area contributed by atoms with Crippen molar-refractivity contribution in [2.24, 2.45) is 0 Å². The zero-order valence-corrected chi connectivity index (χ0v) is 15.0. The lowest BCUT2D eigenvalue weighted by Gasteiger charge is -2.15. The topological polar surface area (TPSA) is 79.5 Å². The summed E-state index contributed by atoms with van der Waals surface area (Å²) in [4.78, 5) is 7.32. The van der Waals surface area contributed by atoms with Crippen molar-refractivity contribution in [3.05, 3.63) is 60.2 Å². The molecule has 0 aliphatic heterocycles. The second kappa shape index (κ2) is 8.16. The van der Waals surface area contributed by atoms with E-state index in [2.05, 4.69) is 14.7 Å². The van der Waals surface area contributed by atoms with Crippen LogP contribution in [0.5, 0.6) is 29.0 Å². The van der Waals surface area contributed by atoms with Gasteiger partial charge < -0.3 is 19.9 Å². The van der Waals surface area contributed by atoms with Gasteiger partial charge in [0, 0.05) is 0 Å². The highest BCUT2D eigenvalue weighted by Crippen LogP contribution is 2.39. The summed E-state index contributed by atoms with van der Waals surface area (Å²) in [7, 11) is 0. The molecular weight excluding hydrogens is 439 g/mol. The van der Waals surface area contributed by atoms with Gasteiger partial charge in [-0.2, -0.15) is 23.1 Å². The normalized spacial score (nSPS) is 11.8. The zero-order valence-electron chi connectivity index (χ0n) is 15.0. The third kappa shape index (κ3) is 5.43. The Kier molecular flexibility index (Phi) is 5.77. The van der Waals surface area contributed by atoms with Crippen molar-refractivity contribution in [2.75, 3.05) is 5.73 Å². The van der Waals surface area contributed by atoms with Gasteiger partial charge in [0.15, 0.2) is 17.2 Å². The van der Waals surface area contributed by atoms with Crippen LogP contribution >= 0.6 is 0 Å². The van der Waals surface area contributed by atoms with Crippen molar-refractivity contribution in [1.82, 2.24) is 9.97 Å². The Balaban J connectivity index is 1.89. The van der Waals surface area contributed by atoms with Gasteiger partial charge in [0.05, 0.1) is 5.56 Å². The quantitative estimate of drug-likeness (QED) is 0.504. The van der Waals surface area contributed by atoms with Crippen molar-refractivity contribution in [2.45, 2.75) is 12.5 Å². The molecule has 0 saturated heterocycles. The largest absolute Gasteiger partial charge is 0.573 e. The Labute approximate surface area is 169 Å². The highest BCUT2D eigenvalue weighted by molar-refractivity contribution is 5.58. The lowest BCUT2D eigenvalue weighted by Crippen LogP contribution is -2.17. The predicted molar refractivity (Wildman–Crippen MR) is 91.1 cm³/mol. The van der Waals surface area contributed by atoms with Crippen LogP contribution < -0.4 is 19.9 Å². The maximum Gasteiger partial charge on any atom is 0.573 e. The molecule has 13 heteroatoms. The lowest BCUT2D eigenvalue weighted by atomic mass is 10.2. The molecule has 0 spiro atoms. The first-order valence-electron chi connectivity index (χ1n) is 8.12. The number of aromatic nitrogens is 2. The first-order valence-corrected chi connectivity index (χ1v) is 8.12. The van der Waals surface area contributed by atoms with Gasteiger partial charge in [-0.25, -0.2) is 4.39 Å². The Morgan fingerprint density at radius 1 is 0.806 bits per heavy atom. The summed E-state index contributed by atoms with van der Waals surface area (Å²) in [5, 5.41) is 0. The number of anilines is 1. The van der Waals surface area contributed by atoms with Gasteiger partial charge in [-0.1, -0.05) is 12.1 Å². The van der Waals surface area contributed by atoms with Gasteiger partial charge in [0.1, 0.15) is 17.9 Å². The molecule has 2 N–H and O–H groups in total. The van der Waals surface area contributed by atoms with Crippen LogP contribution in [0.15, 0.2) is 48.8 Å². The number of para-hydroxylation sites is 2. The fraction of sp³-hybridized carbons (Fsp3) is 0.111. The Morgan fingerprint density at radius 2 is 1.42 bits per heavy atom. The molecule has 6 nitrogen and oxygen atoms in total. The van der Waals surface area contributed by atoms with Crippen LogP contribution in [0, 0.1) is 5.82 Å². The molecule has 1 heterocycles. The number of nitrogens with zero attached hydrogens (tertiary/aromatic N) is 2. The van der Waals surface area contributed by atoms with Crippen LogP contribution in [0.4, 0.5) is 36.4 Å². The molecule has 164 valence electrons. The minimum Gasteiger partial charge on any atom is -0.437 e. The molecule has 0 saturated carbocycles. The molecule has 0 bridgehead atoms. The molecule has 0 radical (unpaired) electrons. The second-order valence-corrected chi connectivity index (χ2v) is 5.74. The number of ether oxygens (including phenoxy) is 3. The van der Waals surface area contributed by atoms with Crippen LogP contribution in [-0.2, 0) is 6.18 Å². The first kappa shape index (κ1) is 21.9. The van der Waals surface area contributed by atoms with Crippen molar-refractivity contribution >= 4 is 5.69 Å². The SMILES string of the molecule is Nc1c(Oc2ccc(F)c(C(F)(F)F)c2)ncnc1Oc1ccccc1OC(F)(F)F. The predicted octanol–water partition coefficient (Wildman–Crippen LogP) is 5.70. The van der Waals surface area contributed by atoms with E-state index in [4.69, 9.17) is 15.2 Å². The smallest absolute Gasteiger partial charge is 0.437 e. The van der Waals surface area contributed by atoms with E-state index in [1.54, 1.807) is 0 Å². The van der Waals surface area contributed by atoms with Gasteiger partial charge in [-0.05, 0) is 30.3 Å². The van der Waals surface area contributed by atoms with E-state index in [0.717, 1.165) is 24.5 Å². The van der Waals surface area contributed by atoms with Crippen molar-refractivity contribution in [3.63, 3.8) is 0 Å². The number of hydrogen-bond acceptors (Lipinski definition) is 6. The van der Waals surface area contributed by atoms with Crippen LogP contribution in [-0.4, -0.2) is 16.3 Å². The first-order chi connectivity index (χ1) is 14.4. The zero-order chi connectivity index (χ0) is 22.8. The van der Waals surface area contributed by atoms with Crippen molar-refractivity contribution in [1.29, 1.82) is 0 Å². The minimum absolute atomic E-state index is 0.393. The average molecular weight is 449 g/mol. The van der Waals surface area contributed by atoms with Crippen LogP contribution in [0.2, 0.25) is 0 Å². The molecule has 0 unspecified atom stereocenters. The van der Waals surface area contributed by atoms with E-state index in [1.165, 1.54) is 12.1 Å². The second-order valence-electron chi connectivity index (χ2n) is 5.74. The molecular formula is C18H10F7N3O3. The molecule has 3 rings (SSSR count). The maximum atomic E-state index is 13.4. The number of rotatable bonds is 5. The fourth-order valence-electron chi connectivity index (χ4n) is 2.27. The molecule has 0 aliphatic rings. The maximum absolute atomic E-state index is 13.4. The Bertz CT molecular complexity index is 1090. The monoisotopic (exact) mass is 449 g/mol. The van der Waals surface area contributed by atoms with Crippen LogP contribution in [0.1, 0.15) is 5.56 Å². The number of nitrogens with two attached hydrogens (primary N) is 1. The molecule has 0 fully saturated rings. The number of hydrogen-bond donors (Lipinski definition) is 1. The van der Waals surface area contributed by atoms with E-state index in [-0.39, 0.29) is 0 Å². The molecule has 31 heavy (non-hydrogen) atoms. The minimum atomic E-state index is -5.00. The molecule has 0 aliphatic carbocycles. The summed E-state index contributed by atoms with van der Waals surface area (Å²) in [6.45, 7) is 0. The summed E-state index contributed by atoms with van der Waals surface area (Å²) in [5.74, 6) is -3.99. The molecule has 2 aromatic carbocycles. The highest BCUT2D eigenvalue weighted by atomic mass is 19.4. The van der Waals surface area contributed by atoms with Crippen LogP contribution in [0.25, 0.3) is 0 Å². The van der Waals surface area contributed by atoms with Crippen molar-refractivity contribution < 1.29 is 44.9 Å². The Hall–Kier alpha value is -3.77. The number of benzene rings is 2. The average Bonchev–Trinajstić information content (AvgIpc) is 2.66. The fourth-order valence-corrected chi connectivity index (χ4v) is 2.27. The lowest BCUT2D eigenvalue weighted by molar-refractivity contribution is -0.275. The van der Waals surface area contributed by atoms with Gasteiger partial charge in [0.25, 0.3) is 0 Å². The van der Waals surface area contributed by atoms with E-state index in [1.807, 2.05) is 0 Å². The van der Waals surface area contributed by atoms with Crippen LogP contribution in [0.3, 0.4) is 0 Å². The van der Waals surface area contributed by atoms with Gasteiger partial charge in [-0.15, -0.1) is 13.2 Å². The van der Waals surface area contributed by atoms with Gasteiger partial charge in [0.2, 0.25) is 11.8 Å². The van der Waals surface area contributed by atoms with E-state index < -0.39 is 58.6 Å². The summed E-state index contributed by atoms with van der Waals surface area (Å²) < 4.78 is 104. The summed E-state index contributed by atoms with van der Waals surface area (Å²) >= 11 is 0. The molecule has 0 atom stereocenters. The third-order valence-electron chi connectivity index (χ3n) is 3.55. The number of alkyl halides is 6. The number of halogens is 7. The van der Waals surface area contributed by atoms with Gasteiger partial charge >= 0.3 is 12.5 Å². The molecule has 3 aromatic rings. The summed E-state index contributed by atoms with van der Waals surface area (Å²) in [6.07, 6.45) is -9.12. The van der Waals surface area contributed by atoms with E-state index in [9.17, 15) is 30.7 Å². The van der Waals surface area contributed by atoms with Gasteiger partial charge in [-0.3, -0.25) is 0 Å². The standard InChI is InChI=1S/C18H10F7N3O3/c19-11-6-5-9(7-10(11)17(20,21)22)29-15-14(26)16(28-8-27-15)30-12-3-1-2-4-13(12)31-18(23,24)25/h1-8H,26H2. The summed E-state index contributed by atoms with van der Waals surface area (Å²) in [5.41, 5.74) is 3.76. The molecule has 1 aromatic heterocycles. The van der Waals surface area contributed by atoms with E-state index in [0.29, 0.717) is 12.1 Å². The van der Waals surface area contributed by atoms with E-state index >= 15 is 0 Å². The summed E-state index contributed by atoms with van der Waals surface area (Å²) in [6, 6.07) is 6.57. The third-order valence-corrected chi connectivity index (χ3v) is 3.55. The number of nitrogen functional groups attached to an aromatic ring is 1.